The van der Waals surface area contributed by atoms with Crippen LogP contribution in [0.4, 0.5) is 0 Å². The summed E-state index contributed by atoms with van der Waals surface area (Å²) in [6.45, 7) is 9.26. The highest BCUT2D eigenvalue weighted by Crippen LogP contribution is 2.18. The Morgan fingerprint density at radius 1 is 1.18 bits per heavy atom. The van der Waals surface area contributed by atoms with Crippen molar-refractivity contribution in [2.24, 2.45) is 0 Å². The Labute approximate surface area is 110 Å². The molecule has 2 saturated heterocycles. The molecule has 0 amide bonds. The monoisotopic (exact) mass is 258 g/mol. The fourth-order valence-corrected chi connectivity index (χ4v) is 3.80. The van der Waals surface area contributed by atoms with Gasteiger partial charge in [-0.15, -0.1) is 0 Å². The molecule has 0 bridgehead atoms. The predicted molar refractivity (Wildman–Crippen MR) is 74.8 cm³/mol. The van der Waals surface area contributed by atoms with Crippen molar-refractivity contribution < 1.29 is 4.74 Å². The summed E-state index contributed by atoms with van der Waals surface area (Å²) in [6, 6.07) is 0.660. The lowest BCUT2D eigenvalue weighted by atomic mass is 10.00. The predicted octanol–water partition coefficient (Wildman–Crippen LogP) is 1.58. The summed E-state index contributed by atoms with van der Waals surface area (Å²) in [6.07, 6.45) is 3.17. The standard InChI is InChI=1S/C13H26N2OS/c1-11-9-13(10-12(2)16-11)14-3-4-15-5-7-17-8-6-15/h11-14H,3-10H2,1-2H3. The van der Waals surface area contributed by atoms with E-state index in [1.807, 2.05) is 0 Å². The van der Waals surface area contributed by atoms with Gasteiger partial charge in [0.15, 0.2) is 0 Å². The second-order valence-corrected chi connectivity index (χ2v) is 6.56. The van der Waals surface area contributed by atoms with Gasteiger partial charge >= 0.3 is 0 Å². The first-order chi connectivity index (χ1) is 8.24. The molecule has 2 unspecified atom stereocenters. The molecule has 0 aromatic heterocycles. The summed E-state index contributed by atoms with van der Waals surface area (Å²) in [5.74, 6) is 2.62. The molecule has 2 aliphatic rings. The maximum absolute atomic E-state index is 5.76. The molecule has 2 heterocycles. The largest absolute Gasteiger partial charge is 0.375 e. The fourth-order valence-electron chi connectivity index (χ4n) is 2.82. The second kappa shape index (κ2) is 6.98. The second-order valence-electron chi connectivity index (χ2n) is 5.33. The molecule has 1 N–H and O–H groups in total. The van der Waals surface area contributed by atoms with Crippen molar-refractivity contribution in [3.8, 4) is 0 Å². The highest BCUT2D eigenvalue weighted by Gasteiger charge is 2.23. The van der Waals surface area contributed by atoms with Crippen molar-refractivity contribution in [1.29, 1.82) is 0 Å². The van der Waals surface area contributed by atoms with Crippen molar-refractivity contribution in [3.05, 3.63) is 0 Å². The van der Waals surface area contributed by atoms with Gasteiger partial charge in [0.2, 0.25) is 0 Å². The van der Waals surface area contributed by atoms with Crippen molar-refractivity contribution in [2.45, 2.75) is 44.9 Å². The molecule has 2 fully saturated rings. The third-order valence-corrected chi connectivity index (χ3v) is 4.60. The zero-order chi connectivity index (χ0) is 12.1. The first kappa shape index (κ1) is 13.7. The van der Waals surface area contributed by atoms with Crippen molar-refractivity contribution >= 4 is 11.8 Å². The van der Waals surface area contributed by atoms with Crippen LogP contribution in [0.1, 0.15) is 26.7 Å². The van der Waals surface area contributed by atoms with Crippen LogP contribution in [0.15, 0.2) is 0 Å². The molecule has 0 aromatic rings. The quantitative estimate of drug-likeness (QED) is 0.827. The zero-order valence-electron chi connectivity index (χ0n) is 11.2. The number of thioether (sulfide) groups is 1. The lowest BCUT2D eigenvalue weighted by molar-refractivity contribution is -0.0421. The van der Waals surface area contributed by atoms with E-state index in [-0.39, 0.29) is 0 Å². The zero-order valence-corrected chi connectivity index (χ0v) is 12.0. The Bertz CT molecular complexity index is 211. The first-order valence-corrected chi connectivity index (χ1v) is 8.08. The van der Waals surface area contributed by atoms with E-state index in [9.17, 15) is 0 Å². The summed E-state index contributed by atoms with van der Waals surface area (Å²) in [5.41, 5.74) is 0. The fraction of sp³-hybridized carbons (Fsp3) is 1.00. The summed E-state index contributed by atoms with van der Waals surface area (Å²) < 4.78 is 5.76. The van der Waals surface area contributed by atoms with Crippen LogP contribution in [-0.4, -0.2) is 60.8 Å². The summed E-state index contributed by atoms with van der Waals surface area (Å²) in [4.78, 5) is 2.58. The van der Waals surface area contributed by atoms with Gasteiger partial charge in [0.1, 0.15) is 0 Å². The Balaban J connectivity index is 1.60. The summed E-state index contributed by atoms with van der Waals surface area (Å²) in [5, 5.41) is 3.70. The molecule has 0 saturated carbocycles. The van der Waals surface area contributed by atoms with E-state index in [1.165, 1.54) is 44.0 Å². The van der Waals surface area contributed by atoms with Crippen molar-refractivity contribution in [2.75, 3.05) is 37.7 Å². The normalized spacial score (nSPS) is 36.0. The smallest absolute Gasteiger partial charge is 0.0565 e. The van der Waals surface area contributed by atoms with Crippen LogP contribution in [0.25, 0.3) is 0 Å². The van der Waals surface area contributed by atoms with E-state index in [0.717, 1.165) is 6.54 Å². The molecule has 4 heteroatoms. The maximum Gasteiger partial charge on any atom is 0.0565 e. The number of hydrogen-bond donors (Lipinski definition) is 1. The first-order valence-electron chi connectivity index (χ1n) is 6.93. The summed E-state index contributed by atoms with van der Waals surface area (Å²) in [7, 11) is 0. The molecular weight excluding hydrogens is 232 g/mol. The molecule has 0 radical (unpaired) electrons. The molecule has 2 aliphatic heterocycles. The topological polar surface area (TPSA) is 24.5 Å². The van der Waals surface area contributed by atoms with Gasteiger partial charge in [0.25, 0.3) is 0 Å². The Morgan fingerprint density at radius 3 is 2.47 bits per heavy atom. The van der Waals surface area contributed by atoms with E-state index < -0.39 is 0 Å². The highest BCUT2D eigenvalue weighted by molar-refractivity contribution is 7.99. The molecule has 0 aromatic carbocycles. The van der Waals surface area contributed by atoms with Crippen molar-refractivity contribution in [1.82, 2.24) is 10.2 Å². The van der Waals surface area contributed by atoms with Crippen LogP contribution in [0.3, 0.4) is 0 Å². The van der Waals surface area contributed by atoms with Gasteiger partial charge in [-0.2, -0.15) is 11.8 Å². The number of ether oxygens (including phenoxy) is 1. The Morgan fingerprint density at radius 2 is 1.82 bits per heavy atom. The van der Waals surface area contributed by atoms with Gasteiger partial charge in [-0.25, -0.2) is 0 Å². The van der Waals surface area contributed by atoms with Gasteiger partial charge in [0.05, 0.1) is 12.2 Å². The van der Waals surface area contributed by atoms with Gasteiger partial charge in [-0.1, -0.05) is 0 Å². The molecule has 17 heavy (non-hydrogen) atoms. The number of rotatable bonds is 4. The number of hydrogen-bond acceptors (Lipinski definition) is 4. The van der Waals surface area contributed by atoms with E-state index in [0.29, 0.717) is 18.2 Å². The maximum atomic E-state index is 5.76. The van der Waals surface area contributed by atoms with Crippen LogP contribution in [-0.2, 0) is 4.74 Å². The van der Waals surface area contributed by atoms with Gasteiger partial charge < -0.3 is 15.0 Å². The average molecular weight is 258 g/mol. The molecule has 100 valence electrons. The van der Waals surface area contributed by atoms with E-state index in [2.05, 4.69) is 35.8 Å². The van der Waals surface area contributed by atoms with Gasteiger partial charge in [-0.3, -0.25) is 0 Å². The van der Waals surface area contributed by atoms with Crippen LogP contribution >= 0.6 is 11.8 Å². The lowest BCUT2D eigenvalue weighted by Gasteiger charge is -2.33. The van der Waals surface area contributed by atoms with E-state index >= 15 is 0 Å². The van der Waals surface area contributed by atoms with Crippen LogP contribution in [0.5, 0.6) is 0 Å². The Kier molecular flexibility index (Phi) is 5.60. The van der Waals surface area contributed by atoms with Crippen LogP contribution < -0.4 is 5.32 Å². The molecule has 0 aliphatic carbocycles. The molecule has 0 spiro atoms. The third-order valence-electron chi connectivity index (χ3n) is 3.66. The molecule has 3 nitrogen and oxygen atoms in total. The SMILES string of the molecule is CC1CC(NCCN2CCSCC2)CC(C)O1. The molecule has 2 atom stereocenters. The van der Waals surface area contributed by atoms with E-state index in [4.69, 9.17) is 4.74 Å². The van der Waals surface area contributed by atoms with Crippen LogP contribution in [0, 0.1) is 0 Å². The highest BCUT2D eigenvalue weighted by atomic mass is 32.2. The summed E-state index contributed by atoms with van der Waals surface area (Å²) >= 11 is 2.08. The minimum Gasteiger partial charge on any atom is -0.375 e. The lowest BCUT2D eigenvalue weighted by Crippen LogP contribution is -2.45. The average Bonchev–Trinajstić information content (AvgIpc) is 2.29. The third kappa shape index (κ3) is 4.78. The molecular formula is C13H26N2OS. The Hall–Kier alpha value is 0.230. The van der Waals surface area contributed by atoms with Gasteiger partial charge in [0, 0.05) is 43.7 Å². The number of nitrogens with zero attached hydrogens (tertiary/aromatic N) is 1. The van der Waals surface area contributed by atoms with Crippen molar-refractivity contribution in [3.63, 3.8) is 0 Å². The van der Waals surface area contributed by atoms with Gasteiger partial charge in [-0.05, 0) is 26.7 Å². The minimum atomic E-state index is 0.419. The van der Waals surface area contributed by atoms with Crippen LogP contribution in [0.2, 0.25) is 0 Å². The minimum absolute atomic E-state index is 0.419. The number of nitrogens with one attached hydrogen (secondary N) is 1. The molecule has 2 rings (SSSR count). The van der Waals surface area contributed by atoms with E-state index in [1.54, 1.807) is 0 Å².